The van der Waals surface area contributed by atoms with Crippen LogP contribution in [0.5, 0.6) is 0 Å². The van der Waals surface area contributed by atoms with Gasteiger partial charge in [0.2, 0.25) is 0 Å². The molecule has 1 aliphatic heterocycles. The average Bonchev–Trinajstić information content (AvgIpc) is 3.44. The Morgan fingerprint density at radius 1 is 1.36 bits per heavy atom. The Balaban J connectivity index is 1.60. The molecule has 0 saturated carbocycles. The van der Waals surface area contributed by atoms with Crippen molar-refractivity contribution in [3.8, 4) is 5.69 Å². The first kappa shape index (κ1) is 22.8. The molecule has 1 fully saturated rings. The highest BCUT2D eigenvalue weighted by Crippen LogP contribution is 2.26. The van der Waals surface area contributed by atoms with E-state index in [2.05, 4.69) is 10.3 Å². The third kappa shape index (κ3) is 4.87. The average molecular weight is 487 g/mol. The summed E-state index contributed by atoms with van der Waals surface area (Å²) in [6.45, 7) is 3.23. The molecule has 11 heteroatoms. The third-order valence-corrected chi connectivity index (χ3v) is 6.39. The topological polar surface area (TPSA) is 128 Å². The molecule has 0 unspecified atom stereocenters. The molecule has 1 aliphatic rings. The molecule has 1 aromatic carbocycles. The summed E-state index contributed by atoms with van der Waals surface area (Å²) < 4.78 is 7.57. The van der Waals surface area contributed by atoms with Gasteiger partial charge in [0.1, 0.15) is 6.61 Å². The Hall–Kier alpha value is -3.34. The first-order chi connectivity index (χ1) is 15.9. The molecule has 0 aliphatic carbocycles. The maximum Gasteiger partial charge on any atom is 0.261 e. The lowest BCUT2D eigenvalue weighted by molar-refractivity contribution is -0.125. The highest BCUT2D eigenvalue weighted by atomic mass is 35.5. The monoisotopic (exact) mass is 486 g/mol. The van der Waals surface area contributed by atoms with Crippen molar-refractivity contribution in [2.75, 3.05) is 24.7 Å². The van der Waals surface area contributed by atoms with E-state index in [1.807, 2.05) is 25.1 Å². The van der Waals surface area contributed by atoms with Crippen molar-refractivity contribution in [3.05, 3.63) is 69.0 Å². The van der Waals surface area contributed by atoms with E-state index < -0.39 is 0 Å². The molecule has 3 heterocycles. The van der Waals surface area contributed by atoms with Gasteiger partial charge >= 0.3 is 0 Å². The van der Waals surface area contributed by atoms with Crippen molar-refractivity contribution in [2.24, 2.45) is 11.5 Å². The Kier molecular flexibility index (Phi) is 6.68. The van der Waals surface area contributed by atoms with E-state index in [0.29, 0.717) is 39.6 Å². The molecule has 0 bridgehead atoms. The molecule has 0 spiro atoms. The van der Waals surface area contributed by atoms with Crippen LogP contribution in [0.2, 0.25) is 4.34 Å². The first-order valence-electron chi connectivity index (χ1n) is 10.2. The zero-order chi connectivity index (χ0) is 23.5. The van der Waals surface area contributed by atoms with E-state index in [9.17, 15) is 9.59 Å². The number of benzene rings is 1. The van der Waals surface area contributed by atoms with Crippen molar-refractivity contribution in [3.63, 3.8) is 0 Å². The van der Waals surface area contributed by atoms with Gasteiger partial charge < -0.3 is 26.4 Å². The van der Waals surface area contributed by atoms with Crippen LogP contribution in [0, 0.1) is 6.92 Å². The van der Waals surface area contributed by atoms with Crippen molar-refractivity contribution in [1.82, 2.24) is 14.9 Å². The molecular weight excluding hydrogens is 464 g/mol. The number of aryl methyl sites for hydroxylation is 1. The van der Waals surface area contributed by atoms with Gasteiger partial charge in [-0.05, 0) is 42.8 Å². The van der Waals surface area contributed by atoms with Crippen molar-refractivity contribution < 1.29 is 14.3 Å². The molecular formula is C22H23ClN6O3S. The smallest absolute Gasteiger partial charge is 0.261 e. The van der Waals surface area contributed by atoms with E-state index in [-0.39, 0.29) is 25.0 Å². The van der Waals surface area contributed by atoms with E-state index >= 15 is 0 Å². The lowest BCUT2D eigenvalue weighted by atomic mass is 10.1. The van der Waals surface area contributed by atoms with Crippen LogP contribution < -0.4 is 21.7 Å². The predicted octanol–water partition coefficient (Wildman–Crippen LogP) is 2.40. The number of nitrogens with one attached hydrogen (secondary N) is 1. The second kappa shape index (κ2) is 9.65. The van der Waals surface area contributed by atoms with Gasteiger partial charge in [-0.1, -0.05) is 11.6 Å². The highest BCUT2D eigenvalue weighted by Gasteiger charge is 2.22. The molecule has 172 valence electrons. The fourth-order valence-corrected chi connectivity index (χ4v) is 4.51. The number of thiophene rings is 1. The summed E-state index contributed by atoms with van der Waals surface area (Å²) in [5.41, 5.74) is 15.2. The standard InChI is InChI=1S/C22H23ClN6O3S/c1-13-8-15(2-3-17(13)28-6-7-32-12-20(28)30)29-11-14(27-21(29)16(25)9-24)10-26-22(31)18-4-5-19(23)33-18/h2-5,8-9,11H,6-7,10,12,24-25H2,1H3,(H,26,31)/b16-9-. The normalized spacial score (nSPS) is 14.5. The minimum atomic E-state index is -0.235. The SMILES string of the molecule is Cc1cc(-n2cc(CNC(=O)c3ccc(Cl)s3)nc2/C(N)=C/N)ccc1N1CCOCC1=O. The highest BCUT2D eigenvalue weighted by molar-refractivity contribution is 7.17. The van der Waals surface area contributed by atoms with Crippen molar-refractivity contribution in [2.45, 2.75) is 13.5 Å². The quantitative estimate of drug-likeness (QED) is 0.490. The first-order valence-corrected chi connectivity index (χ1v) is 11.4. The van der Waals surface area contributed by atoms with Gasteiger partial charge in [0.15, 0.2) is 5.82 Å². The summed E-state index contributed by atoms with van der Waals surface area (Å²) >= 11 is 7.11. The number of anilines is 1. The van der Waals surface area contributed by atoms with E-state index in [1.165, 1.54) is 17.5 Å². The van der Waals surface area contributed by atoms with Gasteiger partial charge in [0.25, 0.3) is 11.8 Å². The van der Waals surface area contributed by atoms with Crippen LogP contribution in [-0.4, -0.2) is 41.1 Å². The summed E-state index contributed by atoms with van der Waals surface area (Å²) in [4.78, 5) is 31.4. The molecule has 33 heavy (non-hydrogen) atoms. The number of nitrogens with two attached hydrogens (primary N) is 2. The van der Waals surface area contributed by atoms with Gasteiger partial charge in [0, 0.05) is 30.3 Å². The number of aromatic nitrogens is 2. The molecule has 0 atom stereocenters. The van der Waals surface area contributed by atoms with Gasteiger partial charge in [-0.2, -0.15) is 0 Å². The van der Waals surface area contributed by atoms with Crippen LogP contribution in [0.3, 0.4) is 0 Å². The summed E-state index contributed by atoms with van der Waals surface area (Å²) in [5.74, 6) is 0.150. The number of halogens is 1. The number of hydrogen-bond acceptors (Lipinski definition) is 7. The second-order valence-electron chi connectivity index (χ2n) is 7.40. The summed E-state index contributed by atoms with van der Waals surface area (Å²) in [5, 5.41) is 2.84. The molecule has 9 nitrogen and oxygen atoms in total. The zero-order valence-electron chi connectivity index (χ0n) is 17.9. The molecule has 2 amide bonds. The number of carbonyl (C=O) groups excluding carboxylic acids is 2. The van der Waals surface area contributed by atoms with Crippen LogP contribution in [0.4, 0.5) is 5.69 Å². The number of rotatable bonds is 6. The summed E-state index contributed by atoms with van der Waals surface area (Å²) in [7, 11) is 0. The van der Waals surface area contributed by atoms with Crippen LogP contribution in [0.1, 0.15) is 26.8 Å². The lowest BCUT2D eigenvalue weighted by Crippen LogP contribution is -2.42. The van der Waals surface area contributed by atoms with Crippen molar-refractivity contribution >= 4 is 46.1 Å². The third-order valence-electron chi connectivity index (χ3n) is 5.16. The second-order valence-corrected chi connectivity index (χ2v) is 9.12. The molecule has 0 radical (unpaired) electrons. The van der Waals surface area contributed by atoms with Gasteiger partial charge in [-0.15, -0.1) is 11.3 Å². The number of morpholine rings is 1. The number of amides is 2. The van der Waals surface area contributed by atoms with Gasteiger partial charge in [-0.3, -0.25) is 14.2 Å². The number of nitrogens with zero attached hydrogens (tertiary/aromatic N) is 3. The number of carbonyl (C=O) groups is 2. The van der Waals surface area contributed by atoms with Gasteiger partial charge in [-0.25, -0.2) is 4.98 Å². The van der Waals surface area contributed by atoms with E-state index in [1.54, 1.807) is 27.8 Å². The fraction of sp³-hybridized carbons (Fsp3) is 0.227. The largest absolute Gasteiger partial charge is 0.403 e. The van der Waals surface area contributed by atoms with Gasteiger partial charge in [0.05, 0.1) is 33.8 Å². The summed E-state index contributed by atoms with van der Waals surface area (Å²) in [6, 6.07) is 9.07. The molecule has 2 aromatic heterocycles. The van der Waals surface area contributed by atoms with Crippen LogP contribution in [0.15, 0.2) is 42.7 Å². The lowest BCUT2D eigenvalue weighted by Gasteiger charge is -2.28. The summed E-state index contributed by atoms with van der Waals surface area (Å²) in [6.07, 6.45) is 3.07. The van der Waals surface area contributed by atoms with Crippen LogP contribution >= 0.6 is 22.9 Å². The maximum absolute atomic E-state index is 12.4. The Labute approximate surface area is 199 Å². The predicted molar refractivity (Wildman–Crippen MR) is 128 cm³/mol. The number of imidazole rings is 1. The zero-order valence-corrected chi connectivity index (χ0v) is 19.4. The molecule has 5 N–H and O–H groups in total. The molecule has 4 rings (SSSR count). The van der Waals surface area contributed by atoms with E-state index in [4.69, 9.17) is 27.8 Å². The minimum Gasteiger partial charge on any atom is -0.403 e. The Bertz CT molecular complexity index is 1230. The maximum atomic E-state index is 12.4. The van der Waals surface area contributed by atoms with Crippen molar-refractivity contribution in [1.29, 1.82) is 0 Å². The minimum absolute atomic E-state index is 0.0687. The van der Waals surface area contributed by atoms with Crippen LogP contribution in [0.25, 0.3) is 11.4 Å². The Morgan fingerprint density at radius 2 is 2.18 bits per heavy atom. The molecule has 1 saturated heterocycles. The number of ether oxygens (including phenoxy) is 1. The Morgan fingerprint density at radius 3 is 2.85 bits per heavy atom. The fourth-order valence-electron chi connectivity index (χ4n) is 3.55. The number of hydrogen-bond donors (Lipinski definition) is 3. The molecule has 3 aromatic rings. The van der Waals surface area contributed by atoms with E-state index in [0.717, 1.165) is 16.9 Å². The van der Waals surface area contributed by atoms with Crippen LogP contribution in [-0.2, 0) is 16.1 Å².